The van der Waals surface area contributed by atoms with Gasteiger partial charge < -0.3 is 13.9 Å². The van der Waals surface area contributed by atoms with E-state index in [4.69, 9.17) is 13.9 Å². The van der Waals surface area contributed by atoms with Gasteiger partial charge in [-0.1, -0.05) is 0 Å². The number of ether oxygens (including phenoxy) is 2. The molecule has 6 heteroatoms. The number of hydrogen-bond acceptors (Lipinski definition) is 5. The van der Waals surface area contributed by atoms with Crippen LogP contribution in [0.15, 0.2) is 39.9 Å². The molecule has 0 atom stereocenters. The van der Waals surface area contributed by atoms with Crippen LogP contribution >= 0.6 is 0 Å². The van der Waals surface area contributed by atoms with Gasteiger partial charge in [0.05, 0.1) is 20.4 Å². The summed E-state index contributed by atoms with van der Waals surface area (Å²) in [5, 5.41) is 3.89. The molecule has 0 aliphatic rings. The minimum absolute atomic E-state index is 0.214. The third-order valence-corrected chi connectivity index (χ3v) is 2.77. The molecule has 1 aromatic heterocycles. The summed E-state index contributed by atoms with van der Waals surface area (Å²) in [7, 11) is 3.13. The third-order valence-electron chi connectivity index (χ3n) is 2.77. The number of amides is 1. The Morgan fingerprint density at radius 3 is 2.67 bits per heavy atom. The average molecular weight is 288 g/mol. The molecule has 0 fully saturated rings. The molecule has 0 saturated heterocycles. The van der Waals surface area contributed by atoms with Gasteiger partial charge in [-0.25, -0.2) is 5.43 Å². The Balaban J connectivity index is 2.06. The maximum Gasteiger partial charge on any atom is 0.307 e. The molecule has 2 aromatic rings. The predicted molar refractivity (Wildman–Crippen MR) is 78.1 cm³/mol. The van der Waals surface area contributed by atoms with Gasteiger partial charge in [-0.15, -0.1) is 0 Å². The first-order valence-corrected chi connectivity index (χ1v) is 6.26. The standard InChI is InChI=1S/C15H16N2O4/c1-10-4-7-13(21-10)15(18)17-16-9-11-5-6-12(19-2)8-14(11)20-3/h4-9H,1-3H3,(H,17,18)/b16-9+. The first-order chi connectivity index (χ1) is 10.1. The van der Waals surface area contributed by atoms with E-state index in [2.05, 4.69) is 10.5 Å². The molecule has 110 valence electrons. The van der Waals surface area contributed by atoms with Gasteiger partial charge in [0.15, 0.2) is 5.76 Å². The quantitative estimate of drug-likeness (QED) is 0.677. The van der Waals surface area contributed by atoms with Crippen molar-refractivity contribution in [2.24, 2.45) is 5.10 Å². The van der Waals surface area contributed by atoms with Gasteiger partial charge in [0.25, 0.3) is 0 Å². The molecule has 1 amide bonds. The summed E-state index contributed by atoms with van der Waals surface area (Å²) in [6.07, 6.45) is 1.49. The Labute approximate surface area is 122 Å². The van der Waals surface area contributed by atoms with E-state index in [1.54, 1.807) is 51.5 Å². The lowest BCUT2D eigenvalue weighted by Gasteiger charge is -2.06. The molecule has 0 radical (unpaired) electrons. The first-order valence-electron chi connectivity index (χ1n) is 6.26. The number of furan rings is 1. The first kappa shape index (κ1) is 14.6. The van der Waals surface area contributed by atoms with Crippen molar-refractivity contribution >= 4 is 12.1 Å². The number of carbonyl (C=O) groups excluding carboxylic acids is 1. The molecule has 0 saturated carbocycles. The third kappa shape index (κ3) is 3.62. The van der Waals surface area contributed by atoms with Crippen LogP contribution in [0, 0.1) is 6.92 Å². The summed E-state index contributed by atoms with van der Waals surface area (Å²) in [5.41, 5.74) is 3.11. The number of aryl methyl sites for hydroxylation is 1. The average Bonchev–Trinajstić information content (AvgIpc) is 2.94. The van der Waals surface area contributed by atoms with Crippen molar-refractivity contribution in [3.8, 4) is 11.5 Å². The zero-order valence-electron chi connectivity index (χ0n) is 12.0. The van der Waals surface area contributed by atoms with Crippen molar-refractivity contribution in [2.45, 2.75) is 6.92 Å². The number of methoxy groups -OCH3 is 2. The maximum atomic E-state index is 11.7. The molecule has 1 N–H and O–H groups in total. The minimum atomic E-state index is -0.410. The number of benzene rings is 1. The van der Waals surface area contributed by atoms with Crippen molar-refractivity contribution in [1.82, 2.24) is 5.43 Å². The van der Waals surface area contributed by atoms with Crippen LogP contribution in [0.25, 0.3) is 0 Å². The van der Waals surface area contributed by atoms with Crippen LogP contribution in [-0.4, -0.2) is 26.3 Å². The second kappa shape index (κ2) is 6.60. The smallest absolute Gasteiger partial charge is 0.307 e. The van der Waals surface area contributed by atoms with Crippen LogP contribution in [0.4, 0.5) is 0 Å². The number of carbonyl (C=O) groups is 1. The molecule has 1 heterocycles. The monoisotopic (exact) mass is 288 g/mol. The number of nitrogens with one attached hydrogen (secondary N) is 1. The lowest BCUT2D eigenvalue weighted by Crippen LogP contribution is -2.16. The molecule has 0 spiro atoms. The second-order valence-corrected chi connectivity index (χ2v) is 4.22. The van der Waals surface area contributed by atoms with Gasteiger partial charge >= 0.3 is 5.91 Å². The molecular formula is C15H16N2O4. The lowest BCUT2D eigenvalue weighted by molar-refractivity contribution is 0.0926. The molecule has 2 rings (SSSR count). The van der Waals surface area contributed by atoms with E-state index in [0.717, 1.165) is 0 Å². The molecular weight excluding hydrogens is 272 g/mol. The topological polar surface area (TPSA) is 73.1 Å². The van der Waals surface area contributed by atoms with Crippen molar-refractivity contribution < 1.29 is 18.7 Å². The van der Waals surface area contributed by atoms with E-state index < -0.39 is 5.91 Å². The van der Waals surface area contributed by atoms with Crippen LogP contribution in [0.1, 0.15) is 21.9 Å². The van der Waals surface area contributed by atoms with Gasteiger partial charge in [0.2, 0.25) is 0 Å². The highest BCUT2D eigenvalue weighted by Crippen LogP contribution is 2.22. The largest absolute Gasteiger partial charge is 0.497 e. The Morgan fingerprint density at radius 2 is 2.05 bits per heavy atom. The van der Waals surface area contributed by atoms with E-state index in [-0.39, 0.29) is 5.76 Å². The van der Waals surface area contributed by atoms with Crippen molar-refractivity contribution in [1.29, 1.82) is 0 Å². The Bertz CT molecular complexity index is 661. The fourth-order valence-electron chi connectivity index (χ4n) is 1.70. The fraction of sp³-hybridized carbons (Fsp3) is 0.200. The van der Waals surface area contributed by atoms with E-state index >= 15 is 0 Å². The van der Waals surface area contributed by atoms with Gasteiger partial charge in [0, 0.05) is 11.6 Å². The van der Waals surface area contributed by atoms with E-state index in [9.17, 15) is 4.79 Å². The molecule has 0 aliphatic heterocycles. The predicted octanol–water partition coefficient (Wildman–Crippen LogP) is 2.37. The summed E-state index contributed by atoms with van der Waals surface area (Å²) in [4.78, 5) is 11.7. The molecule has 21 heavy (non-hydrogen) atoms. The maximum absolute atomic E-state index is 11.7. The number of hydrazone groups is 1. The van der Waals surface area contributed by atoms with Crippen LogP contribution in [-0.2, 0) is 0 Å². The summed E-state index contributed by atoms with van der Waals surface area (Å²) < 4.78 is 15.5. The van der Waals surface area contributed by atoms with Crippen LogP contribution in [0.3, 0.4) is 0 Å². The Kier molecular flexibility index (Phi) is 4.61. The van der Waals surface area contributed by atoms with Gasteiger partial charge in [-0.05, 0) is 31.2 Å². The molecule has 0 aliphatic carbocycles. The summed E-state index contributed by atoms with van der Waals surface area (Å²) in [6.45, 7) is 1.77. The lowest BCUT2D eigenvalue weighted by atomic mass is 10.2. The number of hydrogen-bond donors (Lipinski definition) is 1. The highest BCUT2D eigenvalue weighted by molar-refractivity contribution is 5.92. The van der Waals surface area contributed by atoms with Gasteiger partial charge in [-0.2, -0.15) is 5.10 Å². The van der Waals surface area contributed by atoms with E-state index in [1.807, 2.05) is 0 Å². The van der Waals surface area contributed by atoms with Gasteiger partial charge in [0.1, 0.15) is 17.3 Å². The highest BCUT2D eigenvalue weighted by atomic mass is 16.5. The zero-order chi connectivity index (χ0) is 15.2. The van der Waals surface area contributed by atoms with Crippen molar-refractivity contribution in [3.05, 3.63) is 47.4 Å². The molecule has 1 aromatic carbocycles. The van der Waals surface area contributed by atoms with Gasteiger partial charge in [-0.3, -0.25) is 4.79 Å². The van der Waals surface area contributed by atoms with Crippen LogP contribution in [0.5, 0.6) is 11.5 Å². The molecule has 6 nitrogen and oxygen atoms in total. The van der Waals surface area contributed by atoms with Crippen LogP contribution < -0.4 is 14.9 Å². The zero-order valence-corrected chi connectivity index (χ0v) is 12.0. The fourth-order valence-corrected chi connectivity index (χ4v) is 1.70. The normalized spacial score (nSPS) is 10.6. The SMILES string of the molecule is COc1ccc(/C=N/NC(=O)c2ccc(C)o2)c(OC)c1. The second-order valence-electron chi connectivity index (χ2n) is 4.22. The Morgan fingerprint density at radius 1 is 1.24 bits per heavy atom. The van der Waals surface area contributed by atoms with Crippen molar-refractivity contribution in [3.63, 3.8) is 0 Å². The van der Waals surface area contributed by atoms with Crippen molar-refractivity contribution in [2.75, 3.05) is 14.2 Å². The van der Waals surface area contributed by atoms with E-state index in [0.29, 0.717) is 22.8 Å². The molecule has 0 bridgehead atoms. The number of rotatable bonds is 5. The molecule has 0 unspecified atom stereocenters. The summed E-state index contributed by atoms with van der Waals surface area (Å²) in [5.74, 6) is 1.75. The highest BCUT2D eigenvalue weighted by Gasteiger charge is 2.08. The number of nitrogens with zero attached hydrogens (tertiary/aromatic N) is 1. The summed E-state index contributed by atoms with van der Waals surface area (Å²) >= 11 is 0. The summed E-state index contributed by atoms with van der Waals surface area (Å²) in [6, 6.07) is 8.60. The van der Waals surface area contributed by atoms with E-state index in [1.165, 1.54) is 6.21 Å². The minimum Gasteiger partial charge on any atom is -0.497 e. The van der Waals surface area contributed by atoms with Crippen LogP contribution in [0.2, 0.25) is 0 Å². The Hall–Kier alpha value is -2.76.